The normalized spacial score (nSPS) is 22.6. The second kappa shape index (κ2) is 8.31. The van der Waals surface area contributed by atoms with Gasteiger partial charge in [0.2, 0.25) is 0 Å². The highest BCUT2D eigenvalue weighted by atomic mass is 32.2. The molecular formula is C19H24N6OS. The van der Waals surface area contributed by atoms with E-state index in [-0.39, 0.29) is 5.91 Å². The first-order valence-corrected chi connectivity index (χ1v) is 10.4. The Kier molecular flexibility index (Phi) is 5.63. The van der Waals surface area contributed by atoms with Crippen LogP contribution in [-0.2, 0) is 6.54 Å². The molecule has 1 amide bonds. The Morgan fingerprint density at radius 2 is 1.96 bits per heavy atom. The van der Waals surface area contributed by atoms with Crippen molar-refractivity contribution < 1.29 is 4.79 Å². The molecule has 0 aliphatic carbocycles. The van der Waals surface area contributed by atoms with Gasteiger partial charge in [0.25, 0.3) is 5.91 Å². The van der Waals surface area contributed by atoms with E-state index in [0.29, 0.717) is 17.7 Å². The van der Waals surface area contributed by atoms with Crippen molar-refractivity contribution in [2.45, 2.75) is 37.5 Å². The van der Waals surface area contributed by atoms with Crippen molar-refractivity contribution in [3.05, 3.63) is 42.2 Å². The van der Waals surface area contributed by atoms with Crippen molar-refractivity contribution in [2.24, 2.45) is 5.92 Å². The first kappa shape index (κ1) is 18.3. The number of hydrogen-bond donors (Lipinski definition) is 0. The summed E-state index contributed by atoms with van der Waals surface area (Å²) in [5.41, 5.74) is 1.57. The lowest BCUT2D eigenvalue weighted by molar-refractivity contribution is 0.0729. The topological polar surface area (TPSA) is 75.1 Å². The third-order valence-electron chi connectivity index (χ3n) is 5.24. The lowest BCUT2D eigenvalue weighted by Crippen LogP contribution is -2.44. The number of aromatic nitrogens is 4. The predicted molar refractivity (Wildman–Crippen MR) is 103 cm³/mol. The number of amides is 1. The molecule has 2 aromatic rings. The van der Waals surface area contributed by atoms with Gasteiger partial charge < -0.3 is 4.90 Å². The molecule has 0 saturated carbocycles. The molecule has 0 aromatic carbocycles. The lowest BCUT2D eigenvalue weighted by atomic mass is 9.95. The van der Waals surface area contributed by atoms with Crippen LogP contribution in [0.3, 0.4) is 0 Å². The Bertz CT molecular complexity index is 772. The Morgan fingerprint density at radius 1 is 1.11 bits per heavy atom. The summed E-state index contributed by atoms with van der Waals surface area (Å²) in [6.45, 7) is 5.50. The van der Waals surface area contributed by atoms with Gasteiger partial charge in [-0.25, -0.2) is 15.0 Å². The summed E-state index contributed by atoms with van der Waals surface area (Å²) in [6, 6.07) is 0.370. The van der Waals surface area contributed by atoms with E-state index >= 15 is 0 Å². The molecule has 0 radical (unpaired) electrons. The van der Waals surface area contributed by atoms with Crippen molar-refractivity contribution in [2.75, 3.05) is 25.4 Å². The smallest absolute Gasteiger partial charge is 0.274 e. The average molecular weight is 385 g/mol. The fourth-order valence-corrected chi connectivity index (χ4v) is 4.49. The Balaban J connectivity index is 1.44. The molecule has 2 atom stereocenters. The molecule has 8 heteroatoms. The van der Waals surface area contributed by atoms with Crippen LogP contribution in [-0.4, -0.2) is 67.1 Å². The number of fused-ring (bicyclic) bond motifs is 4. The van der Waals surface area contributed by atoms with Crippen LogP contribution in [0, 0.1) is 5.92 Å². The van der Waals surface area contributed by atoms with Crippen molar-refractivity contribution >= 4 is 17.7 Å². The summed E-state index contributed by atoms with van der Waals surface area (Å²) in [6.07, 6.45) is 10.9. The number of thioether (sulfide) groups is 1. The minimum absolute atomic E-state index is 0.00822. The van der Waals surface area contributed by atoms with Crippen molar-refractivity contribution in [3.63, 3.8) is 0 Å². The summed E-state index contributed by atoms with van der Waals surface area (Å²) in [5, 5.41) is 0.833. The van der Waals surface area contributed by atoms with E-state index in [0.717, 1.165) is 49.1 Å². The average Bonchev–Trinajstić information content (AvgIpc) is 3.02. The maximum absolute atomic E-state index is 12.8. The maximum Gasteiger partial charge on any atom is 0.274 e. The predicted octanol–water partition coefficient (Wildman–Crippen LogP) is 2.12. The summed E-state index contributed by atoms with van der Waals surface area (Å²) in [5.74, 6) is 1.47. The molecule has 7 nitrogen and oxygen atoms in total. The van der Waals surface area contributed by atoms with Gasteiger partial charge in [0.05, 0.1) is 6.20 Å². The van der Waals surface area contributed by atoms with E-state index in [1.165, 1.54) is 6.42 Å². The lowest BCUT2D eigenvalue weighted by Gasteiger charge is -2.35. The van der Waals surface area contributed by atoms with Gasteiger partial charge in [-0.1, -0.05) is 18.7 Å². The Morgan fingerprint density at radius 3 is 2.70 bits per heavy atom. The molecular weight excluding hydrogens is 360 g/mol. The summed E-state index contributed by atoms with van der Waals surface area (Å²) in [4.78, 5) is 34.4. The second-order valence-electron chi connectivity index (χ2n) is 7.13. The molecule has 0 N–H and O–H groups in total. The molecule has 3 aliphatic rings. The molecule has 0 spiro atoms. The number of nitrogens with zero attached hydrogens (tertiary/aromatic N) is 6. The first-order valence-electron chi connectivity index (χ1n) is 9.46. The molecule has 0 unspecified atom stereocenters. The SMILES string of the molecule is CCSc1ncc(CN2C[C@H]3CC[C@@H]2CN(C(=O)c2cnccn2)C3)cn1. The molecule has 2 aromatic heterocycles. The van der Waals surface area contributed by atoms with Gasteiger partial charge in [0, 0.05) is 62.6 Å². The third kappa shape index (κ3) is 4.27. The quantitative estimate of drug-likeness (QED) is 0.577. The molecule has 142 valence electrons. The first-order chi connectivity index (χ1) is 13.2. The highest BCUT2D eigenvalue weighted by Crippen LogP contribution is 2.29. The minimum atomic E-state index is -0.00822. The van der Waals surface area contributed by atoms with Gasteiger partial charge in [0.15, 0.2) is 5.16 Å². The van der Waals surface area contributed by atoms with Crippen LogP contribution in [0.15, 0.2) is 36.1 Å². The molecule has 5 heterocycles. The van der Waals surface area contributed by atoms with Gasteiger partial charge >= 0.3 is 0 Å². The van der Waals surface area contributed by atoms with Crippen molar-refractivity contribution in [3.8, 4) is 0 Å². The van der Waals surface area contributed by atoms with E-state index in [9.17, 15) is 4.79 Å². The Hall–Kier alpha value is -2.06. The zero-order chi connectivity index (χ0) is 18.6. The molecule has 3 fully saturated rings. The van der Waals surface area contributed by atoms with Crippen LogP contribution < -0.4 is 0 Å². The molecule has 3 saturated heterocycles. The Labute approximate surface area is 163 Å². The number of rotatable bonds is 5. The van der Waals surface area contributed by atoms with Crippen LogP contribution in [0.5, 0.6) is 0 Å². The van der Waals surface area contributed by atoms with Gasteiger partial charge in [-0.3, -0.25) is 14.7 Å². The van der Waals surface area contributed by atoms with Crippen LogP contribution in [0.2, 0.25) is 0 Å². The van der Waals surface area contributed by atoms with Crippen LogP contribution in [0.25, 0.3) is 0 Å². The third-order valence-corrected chi connectivity index (χ3v) is 5.99. The monoisotopic (exact) mass is 384 g/mol. The number of carbonyl (C=O) groups is 1. The fraction of sp³-hybridized carbons (Fsp3) is 0.526. The highest BCUT2D eigenvalue weighted by Gasteiger charge is 2.36. The maximum atomic E-state index is 12.8. The standard InChI is InChI=1S/C19H24N6OS/c1-2-27-19-22-7-15(8-23-19)12-24-10-14-3-4-16(24)13-25(11-14)18(26)17-9-20-5-6-21-17/h5-9,14,16H,2-4,10-13H2,1H3/t14-,16-/m1/s1. The van der Waals surface area contributed by atoms with E-state index in [1.54, 1.807) is 30.4 Å². The van der Waals surface area contributed by atoms with E-state index in [4.69, 9.17) is 0 Å². The summed E-state index contributed by atoms with van der Waals surface area (Å²) in [7, 11) is 0. The zero-order valence-corrected chi connectivity index (χ0v) is 16.3. The molecule has 2 bridgehead atoms. The molecule has 3 aliphatic heterocycles. The van der Waals surface area contributed by atoms with Crippen molar-refractivity contribution in [1.82, 2.24) is 29.7 Å². The number of piperidine rings is 1. The van der Waals surface area contributed by atoms with Crippen LogP contribution >= 0.6 is 11.8 Å². The summed E-state index contributed by atoms with van der Waals surface area (Å²) < 4.78 is 0. The van der Waals surface area contributed by atoms with E-state index < -0.39 is 0 Å². The highest BCUT2D eigenvalue weighted by molar-refractivity contribution is 7.99. The van der Waals surface area contributed by atoms with Crippen LogP contribution in [0.1, 0.15) is 35.8 Å². The second-order valence-corrected chi connectivity index (χ2v) is 8.37. The van der Waals surface area contributed by atoms with Crippen LogP contribution in [0.4, 0.5) is 0 Å². The fourth-order valence-electron chi connectivity index (χ4n) is 3.97. The van der Waals surface area contributed by atoms with Crippen molar-refractivity contribution in [1.29, 1.82) is 0 Å². The summed E-state index contributed by atoms with van der Waals surface area (Å²) >= 11 is 1.66. The zero-order valence-electron chi connectivity index (χ0n) is 15.5. The van der Waals surface area contributed by atoms with Gasteiger partial charge in [0.1, 0.15) is 5.69 Å². The van der Waals surface area contributed by atoms with E-state index in [1.807, 2.05) is 17.3 Å². The number of hydrogen-bond acceptors (Lipinski definition) is 7. The van der Waals surface area contributed by atoms with E-state index in [2.05, 4.69) is 31.8 Å². The van der Waals surface area contributed by atoms with Gasteiger partial charge in [-0.15, -0.1) is 0 Å². The molecule has 27 heavy (non-hydrogen) atoms. The largest absolute Gasteiger partial charge is 0.335 e. The molecule has 5 rings (SSSR count). The minimum Gasteiger partial charge on any atom is -0.335 e. The van der Waals surface area contributed by atoms with Gasteiger partial charge in [-0.2, -0.15) is 0 Å². The number of carbonyl (C=O) groups excluding carboxylic acids is 1. The van der Waals surface area contributed by atoms with Gasteiger partial charge in [-0.05, 0) is 24.5 Å².